The van der Waals surface area contributed by atoms with Crippen LogP contribution in [0, 0.1) is 5.92 Å². The summed E-state index contributed by atoms with van der Waals surface area (Å²) in [6.07, 6.45) is 4.31. The van der Waals surface area contributed by atoms with E-state index in [1.54, 1.807) is 6.92 Å². The molecule has 1 amide bonds. The van der Waals surface area contributed by atoms with Gasteiger partial charge in [-0.25, -0.2) is 0 Å². The van der Waals surface area contributed by atoms with Crippen LogP contribution in [-0.2, 0) is 14.4 Å². The van der Waals surface area contributed by atoms with Crippen molar-refractivity contribution in [2.75, 3.05) is 6.54 Å². The standard InChI is InChI=1S/C21H36IN3O7/c1-2-23-20(31)15(8-11-18(27)28)25-21(32)16(9-12-19(29)30)24-17(26)10-5-13-3-6-14(22)7-4-13/h3,6,13-16,20-21,23,25,31-32H,2,4-5,7-12H2,1H3,(H,24,26)(H,27,28)(H,29,30)/t13?,14?,15?,16?,20?,21-/m0/s1. The SMILES string of the molecule is CCNC(O)C(CCC(=O)O)N[C@@H](O)C(CCC(=O)O)NC(=O)CCC1C=CC(I)CC1. The summed E-state index contributed by atoms with van der Waals surface area (Å²) in [5.41, 5.74) is 0. The fraction of sp³-hybridized carbons (Fsp3) is 0.762. The minimum Gasteiger partial charge on any atom is -0.481 e. The molecule has 1 aliphatic carbocycles. The highest BCUT2D eigenvalue weighted by Crippen LogP contribution is 2.25. The predicted molar refractivity (Wildman–Crippen MR) is 127 cm³/mol. The Kier molecular flexibility index (Phi) is 14.0. The van der Waals surface area contributed by atoms with Crippen LogP contribution in [0.25, 0.3) is 0 Å². The molecule has 0 radical (unpaired) electrons. The predicted octanol–water partition coefficient (Wildman–Crippen LogP) is 0.955. The number of rotatable bonds is 16. The largest absolute Gasteiger partial charge is 0.481 e. The number of carbonyl (C=O) groups excluding carboxylic acids is 1. The number of alkyl halides is 1. The van der Waals surface area contributed by atoms with Crippen molar-refractivity contribution >= 4 is 40.4 Å². The van der Waals surface area contributed by atoms with Gasteiger partial charge in [0, 0.05) is 29.2 Å². The average Bonchev–Trinajstić information content (AvgIpc) is 2.73. The number of aliphatic hydroxyl groups is 2. The fourth-order valence-corrected chi connectivity index (χ4v) is 4.16. The van der Waals surface area contributed by atoms with Crippen molar-refractivity contribution in [1.82, 2.24) is 16.0 Å². The molecule has 6 atom stereocenters. The molecular weight excluding hydrogens is 533 g/mol. The summed E-state index contributed by atoms with van der Waals surface area (Å²) < 4.78 is 0.519. The molecule has 0 fully saturated rings. The van der Waals surface area contributed by atoms with E-state index in [1.165, 1.54) is 0 Å². The summed E-state index contributed by atoms with van der Waals surface area (Å²) in [7, 11) is 0. The zero-order valence-corrected chi connectivity index (χ0v) is 20.5. The first-order valence-corrected chi connectivity index (χ1v) is 12.3. The van der Waals surface area contributed by atoms with Crippen LogP contribution in [0.4, 0.5) is 0 Å². The monoisotopic (exact) mass is 569 g/mol. The van der Waals surface area contributed by atoms with Gasteiger partial charge in [0.2, 0.25) is 5.91 Å². The lowest BCUT2D eigenvalue weighted by Gasteiger charge is -2.31. The molecular formula is C21H36IN3O7. The summed E-state index contributed by atoms with van der Waals surface area (Å²) in [4.78, 5) is 34.4. The highest BCUT2D eigenvalue weighted by Gasteiger charge is 2.28. The van der Waals surface area contributed by atoms with Gasteiger partial charge in [-0.15, -0.1) is 0 Å². The van der Waals surface area contributed by atoms with Crippen LogP contribution < -0.4 is 16.0 Å². The maximum Gasteiger partial charge on any atom is 0.303 e. The van der Waals surface area contributed by atoms with Crippen LogP contribution >= 0.6 is 22.6 Å². The number of nitrogens with one attached hydrogen (secondary N) is 3. The molecule has 1 rings (SSSR count). The Labute approximate surface area is 202 Å². The number of hydrogen-bond acceptors (Lipinski definition) is 7. The third kappa shape index (κ3) is 12.1. The highest BCUT2D eigenvalue weighted by molar-refractivity contribution is 14.1. The number of carbonyl (C=O) groups is 3. The summed E-state index contributed by atoms with van der Waals surface area (Å²) >= 11 is 2.37. The van der Waals surface area contributed by atoms with E-state index in [0.29, 0.717) is 22.8 Å². The van der Waals surface area contributed by atoms with Gasteiger partial charge < -0.3 is 25.7 Å². The first kappa shape index (κ1) is 28.8. The Morgan fingerprint density at radius 2 is 1.59 bits per heavy atom. The van der Waals surface area contributed by atoms with Gasteiger partial charge >= 0.3 is 11.9 Å². The number of hydrogen-bond donors (Lipinski definition) is 7. The molecule has 32 heavy (non-hydrogen) atoms. The molecule has 0 aromatic rings. The zero-order valence-electron chi connectivity index (χ0n) is 18.4. The second-order valence-electron chi connectivity index (χ2n) is 8.04. The van der Waals surface area contributed by atoms with Crippen LogP contribution in [0.3, 0.4) is 0 Å². The Bertz CT molecular complexity index is 635. The van der Waals surface area contributed by atoms with Gasteiger partial charge in [-0.3, -0.25) is 25.0 Å². The lowest BCUT2D eigenvalue weighted by molar-refractivity contribution is -0.138. The average molecular weight is 569 g/mol. The molecule has 0 aromatic heterocycles. The summed E-state index contributed by atoms with van der Waals surface area (Å²) in [6.45, 7) is 2.20. The summed E-state index contributed by atoms with van der Waals surface area (Å²) in [6, 6.07) is -1.71. The molecule has 0 saturated carbocycles. The summed E-state index contributed by atoms with van der Waals surface area (Å²) in [5.74, 6) is -2.08. The zero-order chi connectivity index (χ0) is 24.1. The smallest absolute Gasteiger partial charge is 0.303 e. The third-order valence-electron chi connectivity index (χ3n) is 5.39. The molecule has 0 aromatic carbocycles. The van der Waals surface area contributed by atoms with Gasteiger partial charge in [0.25, 0.3) is 0 Å². The van der Waals surface area contributed by atoms with Crippen molar-refractivity contribution in [2.45, 2.75) is 86.8 Å². The number of aliphatic carboxylic acids is 2. The van der Waals surface area contributed by atoms with E-state index in [1.807, 2.05) is 0 Å². The number of carboxylic acid groups (broad SMARTS) is 2. The van der Waals surface area contributed by atoms with E-state index in [9.17, 15) is 24.6 Å². The highest BCUT2D eigenvalue weighted by atomic mass is 127. The molecule has 0 saturated heterocycles. The van der Waals surface area contributed by atoms with Gasteiger partial charge in [-0.1, -0.05) is 41.7 Å². The molecule has 11 heteroatoms. The lowest BCUT2D eigenvalue weighted by atomic mass is 9.91. The normalized spacial score (nSPS) is 22.0. The summed E-state index contributed by atoms with van der Waals surface area (Å²) in [5, 5.41) is 47.1. The van der Waals surface area contributed by atoms with E-state index in [-0.39, 0.29) is 38.0 Å². The number of amides is 1. The Balaban J connectivity index is 2.71. The molecule has 10 nitrogen and oxygen atoms in total. The van der Waals surface area contributed by atoms with Crippen LogP contribution in [0.1, 0.15) is 58.3 Å². The Morgan fingerprint density at radius 3 is 2.12 bits per heavy atom. The second kappa shape index (κ2) is 15.5. The van der Waals surface area contributed by atoms with Crippen molar-refractivity contribution in [1.29, 1.82) is 0 Å². The van der Waals surface area contributed by atoms with Crippen LogP contribution in [0.15, 0.2) is 12.2 Å². The Hall–Kier alpha value is -1.28. The van der Waals surface area contributed by atoms with Crippen molar-refractivity contribution in [3.8, 4) is 0 Å². The molecule has 5 unspecified atom stereocenters. The van der Waals surface area contributed by atoms with E-state index in [2.05, 4.69) is 50.7 Å². The van der Waals surface area contributed by atoms with Gasteiger partial charge in [0.05, 0.1) is 6.04 Å². The quantitative estimate of drug-likeness (QED) is 0.0620. The number of allylic oxidation sites excluding steroid dienone is 2. The molecule has 7 N–H and O–H groups in total. The van der Waals surface area contributed by atoms with E-state index < -0.39 is 36.5 Å². The molecule has 0 spiro atoms. The maximum atomic E-state index is 12.5. The van der Waals surface area contributed by atoms with Gasteiger partial charge in [0.1, 0.15) is 12.5 Å². The number of halogens is 1. The van der Waals surface area contributed by atoms with E-state index in [4.69, 9.17) is 10.2 Å². The first-order valence-electron chi connectivity index (χ1n) is 11.0. The minimum atomic E-state index is -1.36. The number of likely N-dealkylation sites (N-methyl/N-ethyl adjacent to an activating group) is 1. The van der Waals surface area contributed by atoms with Crippen molar-refractivity contribution in [3.63, 3.8) is 0 Å². The van der Waals surface area contributed by atoms with Crippen LogP contribution in [0.2, 0.25) is 0 Å². The number of carboxylic acids is 2. The van der Waals surface area contributed by atoms with Crippen molar-refractivity contribution in [3.05, 3.63) is 12.2 Å². The van der Waals surface area contributed by atoms with Crippen LogP contribution in [0.5, 0.6) is 0 Å². The molecule has 0 aliphatic heterocycles. The van der Waals surface area contributed by atoms with Crippen molar-refractivity contribution in [2.24, 2.45) is 5.92 Å². The van der Waals surface area contributed by atoms with E-state index in [0.717, 1.165) is 12.8 Å². The van der Waals surface area contributed by atoms with Gasteiger partial charge in [-0.05, 0) is 44.6 Å². The second-order valence-corrected chi connectivity index (χ2v) is 9.64. The lowest BCUT2D eigenvalue weighted by Crippen LogP contribution is -2.57. The van der Waals surface area contributed by atoms with Gasteiger partial charge in [-0.2, -0.15) is 0 Å². The van der Waals surface area contributed by atoms with Crippen molar-refractivity contribution < 1.29 is 34.8 Å². The number of aliphatic hydroxyl groups excluding tert-OH is 2. The van der Waals surface area contributed by atoms with Gasteiger partial charge in [0.15, 0.2) is 0 Å². The molecule has 1 aliphatic rings. The minimum absolute atomic E-state index is 0.0158. The van der Waals surface area contributed by atoms with Crippen LogP contribution in [-0.4, -0.2) is 73.3 Å². The van der Waals surface area contributed by atoms with E-state index >= 15 is 0 Å². The Morgan fingerprint density at radius 1 is 0.969 bits per heavy atom. The maximum absolute atomic E-state index is 12.5. The fourth-order valence-electron chi connectivity index (χ4n) is 3.57. The molecule has 0 heterocycles. The molecule has 184 valence electrons. The first-order chi connectivity index (χ1) is 15.1. The topological polar surface area (TPSA) is 168 Å². The molecule has 0 bridgehead atoms. The third-order valence-corrected chi connectivity index (χ3v) is 6.43.